The molecule has 1 atom stereocenters. The first kappa shape index (κ1) is 22.2. The van der Waals surface area contributed by atoms with E-state index in [1.165, 1.54) is 5.56 Å². The van der Waals surface area contributed by atoms with Gasteiger partial charge < -0.3 is 10.2 Å². The lowest BCUT2D eigenvalue weighted by atomic mass is 10.00. The van der Waals surface area contributed by atoms with E-state index in [1.807, 2.05) is 24.3 Å². The number of nitrogens with zero attached hydrogens (tertiary/aromatic N) is 1. The molecule has 0 bridgehead atoms. The third kappa shape index (κ3) is 6.20. The highest BCUT2D eigenvalue weighted by atomic mass is 79.9. The van der Waals surface area contributed by atoms with E-state index in [2.05, 4.69) is 59.4 Å². The number of nitrogens with one attached hydrogen (secondary N) is 1. The second-order valence-electron chi connectivity index (χ2n) is 7.33. The Kier molecular flexibility index (Phi) is 8.24. The summed E-state index contributed by atoms with van der Waals surface area (Å²) in [5, 5.41) is 2.65. The monoisotopic (exact) mass is 444 g/mol. The minimum atomic E-state index is -0.524. The van der Waals surface area contributed by atoms with Crippen molar-refractivity contribution in [2.45, 2.75) is 52.1 Å². The standard InChI is InChI=1S/C23H29BrN2O2/c1-16(2)20-10-5-18(6-11-20)9-14-22(27)26(17(3)23(28)25-4)15-19-7-12-21(24)13-8-19/h5-8,10-13,16-17H,9,14-15H2,1-4H3,(H,25,28). The molecule has 5 heteroatoms. The van der Waals surface area contributed by atoms with Gasteiger partial charge in [0.1, 0.15) is 6.04 Å². The third-order valence-corrected chi connectivity index (χ3v) is 5.48. The highest BCUT2D eigenvalue weighted by molar-refractivity contribution is 9.10. The van der Waals surface area contributed by atoms with Crippen LogP contribution in [0.15, 0.2) is 53.0 Å². The number of halogens is 1. The molecule has 2 aromatic rings. The van der Waals surface area contributed by atoms with Crippen molar-refractivity contribution in [2.75, 3.05) is 7.05 Å². The van der Waals surface area contributed by atoms with Crippen molar-refractivity contribution in [2.24, 2.45) is 0 Å². The summed E-state index contributed by atoms with van der Waals surface area (Å²) < 4.78 is 0.985. The summed E-state index contributed by atoms with van der Waals surface area (Å²) >= 11 is 3.42. The van der Waals surface area contributed by atoms with Crippen LogP contribution in [0, 0.1) is 0 Å². The summed E-state index contributed by atoms with van der Waals surface area (Å²) in [5.41, 5.74) is 3.42. The Balaban J connectivity index is 2.09. The van der Waals surface area contributed by atoms with Gasteiger partial charge in [0.15, 0.2) is 0 Å². The summed E-state index contributed by atoms with van der Waals surface area (Å²) in [7, 11) is 1.59. The van der Waals surface area contributed by atoms with Crippen molar-refractivity contribution in [1.82, 2.24) is 10.2 Å². The van der Waals surface area contributed by atoms with Gasteiger partial charge in [-0.25, -0.2) is 0 Å². The minimum Gasteiger partial charge on any atom is -0.357 e. The molecular weight excluding hydrogens is 416 g/mol. The average molecular weight is 445 g/mol. The first-order valence-electron chi connectivity index (χ1n) is 9.66. The van der Waals surface area contributed by atoms with Crippen LogP contribution >= 0.6 is 15.9 Å². The van der Waals surface area contributed by atoms with Crippen molar-refractivity contribution in [3.63, 3.8) is 0 Å². The third-order valence-electron chi connectivity index (χ3n) is 4.95. The van der Waals surface area contributed by atoms with Crippen LogP contribution in [0.4, 0.5) is 0 Å². The Morgan fingerprint density at radius 3 is 2.07 bits per heavy atom. The minimum absolute atomic E-state index is 0.0213. The molecular formula is C23H29BrN2O2. The van der Waals surface area contributed by atoms with E-state index in [0.29, 0.717) is 25.3 Å². The zero-order valence-corrected chi connectivity index (χ0v) is 18.6. The summed E-state index contributed by atoms with van der Waals surface area (Å²) in [6.45, 7) is 6.51. The van der Waals surface area contributed by atoms with Crippen molar-refractivity contribution < 1.29 is 9.59 Å². The number of benzene rings is 2. The van der Waals surface area contributed by atoms with Crippen LogP contribution in [0.1, 0.15) is 49.8 Å². The molecule has 0 heterocycles. The van der Waals surface area contributed by atoms with Crippen LogP contribution < -0.4 is 5.32 Å². The van der Waals surface area contributed by atoms with E-state index < -0.39 is 6.04 Å². The summed E-state index contributed by atoms with van der Waals surface area (Å²) in [6, 6.07) is 15.7. The van der Waals surface area contributed by atoms with Gasteiger partial charge >= 0.3 is 0 Å². The van der Waals surface area contributed by atoms with Crippen LogP contribution in [0.5, 0.6) is 0 Å². The van der Waals surface area contributed by atoms with Crippen LogP contribution in [0.2, 0.25) is 0 Å². The zero-order valence-electron chi connectivity index (χ0n) is 17.0. The predicted octanol–water partition coefficient (Wildman–Crippen LogP) is 4.67. The summed E-state index contributed by atoms with van der Waals surface area (Å²) in [6.07, 6.45) is 1.04. The molecule has 0 aliphatic rings. The molecule has 2 rings (SSSR count). The van der Waals surface area contributed by atoms with Gasteiger partial charge in [0.2, 0.25) is 11.8 Å². The fourth-order valence-electron chi connectivity index (χ4n) is 3.04. The van der Waals surface area contributed by atoms with Crippen LogP contribution in [0.25, 0.3) is 0 Å². The zero-order chi connectivity index (χ0) is 20.7. The first-order chi connectivity index (χ1) is 13.3. The van der Waals surface area contributed by atoms with Crippen molar-refractivity contribution >= 4 is 27.7 Å². The second kappa shape index (κ2) is 10.4. The van der Waals surface area contributed by atoms with Gasteiger partial charge in [0, 0.05) is 24.5 Å². The van der Waals surface area contributed by atoms with E-state index in [0.717, 1.165) is 15.6 Å². The number of amides is 2. The lowest BCUT2D eigenvalue weighted by Gasteiger charge is -2.28. The molecule has 0 saturated heterocycles. The molecule has 28 heavy (non-hydrogen) atoms. The van der Waals surface area contributed by atoms with E-state index in [9.17, 15) is 9.59 Å². The number of carbonyl (C=O) groups is 2. The number of hydrogen-bond acceptors (Lipinski definition) is 2. The van der Waals surface area contributed by atoms with E-state index in [4.69, 9.17) is 0 Å². The highest BCUT2D eigenvalue weighted by Crippen LogP contribution is 2.18. The number of rotatable bonds is 8. The van der Waals surface area contributed by atoms with Crippen LogP contribution in [-0.2, 0) is 22.6 Å². The molecule has 0 saturated carbocycles. The predicted molar refractivity (Wildman–Crippen MR) is 117 cm³/mol. The maximum atomic E-state index is 13.0. The van der Waals surface area contributed by atoms with E-state index in [1.54, 1.807) is 18.9 Å². The number of carbonyl (C=O) groups excluding carboxylic acids is 2. The fourth-order valence-corrected chi connectivity index (χ4v) is 3.31. The number of likely N-dealkylation sites (N-methyl/N-ethyl adjacent to an activating group) is 1. The van der Waals surface area contributed by atoms with Gasteiger partial charge in [-0.15, -0.1) is 0 Å². The second-order valence-corrected chi connectivity index (χ2v) is 8.25. The molecule has 1 N–H and O–H groups in total. The molecule has 1 unspecified atom stereocenters. The van der Waals surface area contributed by atoms with Crippen molar-refractivity contribution in [3.05, 3.63) is 69.7 Å². The smallest absolute Gasteiger partial charge is 0.242 e. The normalized spacial score (nSPS) is 11.9. The van der Waals surface area contributed by atoms with Gasteiger partial charge in [-0.3, -0.25) is 9.59 Å². The number of aryl methyl sites for hydroxylation is 1. The Morgan fingerprint density at radius 2 is 1.54 bits per heavy atom. The largest absolute Gasteiger partial charge is 0.357 e. The highest BCUT2D eigenvalue weighted by Gasteiger charge is 2.25. The Hall–Kier alpha value is -2.14. The molecule has 0 radical (unpaired) electrons. The lowest BCUT2D eigenvalue weighted by molar-refractivity contribution is -0.140. The molecule has 0 aliphatic carbocycles. The topological polar surface area (TPSA) is 49.4 Å². The Labute approximate surface area is 176 Å². The maximum Gasteiger partial charge on any atom is 0.242 e. The SMILES string of the molecule is CNC(=O)C(C)N(Cc1ccc(Br)cc1)C(=O)CCc1ccc(C(C)C)cc1. The lowest BCUT2D eigenvalue weighted by Crippen LogP contribution is -2.46. The molecule has 4 nitrogen and oxygen atoms in total. The van der Waals surface area contributed by atoms with Crippen LogP contribution in [-0.4, -0.2) is 29.8 Å². The Bertz CT molecular complexity index is 785. The van der Waals surface area contributed by atoms with Gasteiger partial charge in [-0.2, -0.15) is 0 Å². The fraction of sp³-hybridized carbons (Fsp3) is 0.391. The van der Waals surface area contributed by atoms with E-state index >= 15 is 0 Å². The molecule has 0 aliphatic heterocycles. The Morgan fingerprint density at radius 1 is 0.964 bits per heavy atom. The van der Waals surface area contributed by atoms with Crippen molar-refractivity contribution in [1.29, 1.82) is 0 Å². The quantitative estimate of drug-likeness (QED) is 0.642. The molecule has 0 aromatic heterocycles. The molecule has 2 amide bonds. The van der Waals surface area contributed by atoms with Gasteiger partial charge in [-0.05, 0) is 48.1 Å². The summed E-state index contributed by atoms with van der Waals surface area (Å²) in [4.78, 5) is 26.8. The van der Waals surface area contributed by atoms with Gasteiger partial charge in [0.25, 0.3) is 0 Å². The first-order valence-corrected chi connectivity index (χ1v) is 10.5. The van der Waals surface area contributed by atoms with Gasteiger partial charge in [-0.1, -0.05) is 66.2 Å². The number of hydrogen-bond donors (Lipinski definition) is 1. The molecule has 150 valence electrons. The molecule has 2 aromatic carbocycles. The maximum absolute atomic E-state index is 13.0. The van der Waals surface area contributed by atoms with Crippen LogP contribution in [0.3, 0.4) is 0 Å². The van der Waals surface area contributed by atoms with Crippen molar-refractivity contribution in [3.8, 4) is 0 Å². The molecule has 0 spiro atoms. The average Bonchev–Trinajstić information content (AvgIpc) is 2.70. The van der Waals surface area contributed by atoms with E-state index in [-0.39, 0.29) is 11.8 Å². The summed E-state index contributed by atoms with van der Waals surface area (Å²) in [5.74, 6) is 0.309. The van der Waals surface area contributed by atoms with Gasteiger partial charge in [0.05, 0.1) is 0 Å². The molecule has 0 fully saturated rings.